The number of piperidine rings is 1. The zero-order valence-corrected chi connectivity index (χ0v) is 9.36. The van der Waals surface area contributed by atoms with Crippen molar-refractivity contribution in [2.24, 2.45) is 5.92 Å². The highest BCUT2D eigenvalue weighted by molar-refractivity contribution is 5.80. The predicted octanol–water partition coefficient (Wildman–Crippen LogP) is 1.28. The minimum atomic E-state index is -0.0781. The lowest BCUT2D eigenvalue weighted by atomic mass is 10.1. The van der Waals surface area contributed by atoms with Crippen LogP contribution in [0.4, 0.5) is 4.79 Å². The van der Waals surface area contributed by atoms with Crippen molar-refractivity contribution in [2.45, 2.75) is 32.7 Å². The van der Waals surface area contributed by atoms with Crippen molar-refractivity contribution in [2.75, 3.05) is 13.1 Å². The van der Waals surface area contributed by atoms with E-state index in [1.807, 2.05) is 11.1 Å². The van der Waals surface area contributed by atoms with Gasteiger partial charge in [-0.25, -0.2) is 4.79 Å². The molecule has 0 saturated carbocycles. The SMILES string of the molecule is CC(C)C1=CN(C2CCNCC2)C(=O)[N]1. The number of rotatable bonds is 2. The summed E-state index contributed by atoms with van der Waals surface area (Å²) in [4.78, 5) is 13.5. The van der Waals surface area contributed by atoms with E-state index in [0.717, 1.165) is 31.6 Å². The van der Waals surface area contributed by atoms with Crippen LogP contribution in [0.2, 0.25) is 0 Å². The van der Waals surface area contributed by atoms with Gasteiger partial charge in [-0.3, -0.25) is 4.90 Å². The van der Waals surface area contributed by atoms with Gasteiger partial charge in [-0.2, -0.15) is 5.32 Å². The monoisotopic (exact) mass is 208 g/mol. The molecule has 0 aliphatic carbocycles. The fourth-order valence-electron chi connectivity index (χ4n) is 2.02. The quantitative estimate of drug-likeness (QED) is 0.743. The number of nitrogens with one attached hydrogen (secondary N) is 1. The van der Waals surface area contributed by atoms with Crippen molar-refractivity contribution in [1.29, 1.82) is 0 Å². The van der Waals surface area contributed by atoms with Crippen LogP contribution in [0.15, 0.2) is 11.9 Å². The molecule has 1 fully saturated rings. The molecule has 4 nitrogen and oxygen atoms in total. The molecular weight excluding hydrogens is 190 g/mol. The average molecular weight is 208 g/mol. The Kier molecular flexibility index (Phi) is 2.95. The summed E-state index contributed by atoms with van der Waals surface area (Å²) >= 11 is 0. The van der Waals surface area contributed by atoms with Crippen LogP contribution in [0, 0.1) is 5.92 Å². The highest BCUT2D eigenvalue weighted by Gasteiger charge is 2.31. The Morgan fingerprint density at radius 1 is 1.47 bits per heavy atom. The largest absolute Gasteiger partial charge is 0.348 e. The molecular formula is C11H18N3O. The first-order valence-electron chi connectivity index (χ1n) is 5.65. The second kappa shape index (κ2) is 4.23. The molecule has 15 heavy (non-hydrogen) atoms. The van der Waals surface area contributed by atoms with Crippen LogP contribution in [-0.2, 0) is 0 Å². The van der Waals surface area contributed by atoms with Crippen LogP contribution in [0.1, 0.15) is 26.7 Å². The number of hydrogen-bond acceptors (Lipinski definition) is 2. The maximum Gasteiger partial charge on any atom is 0.348 e. The minimum Gasteiger partial charge on any atom is -0.317 e. The number of allylic oxidation sites excluding steroid dienone is 1. The molecule has 1 radical (unpaired) electrons. The highest BCUT2D eigenvalue weighted by Crippen LogP contribution is 2.22. The molecule has 2 rings (SSSR count). The molecule has 1 N–H and O–H groups in total. The van der Waals surface area contributed by atoms with Gasteiger partial charge in [0, 0.05) is 12.2 Å². The molecule has 0 aromatic carbocycles. The molecule has 2 aliphatic rings. The Balaban J connectivity index is 2.05. The fourth-order valence-corrected chi connectivity index (χ4v) is 2.02. The number of nitrogens with zero attached hydrogens (tertiary/aromatic N) is 2. The number of carbonyl (C=O) groups excluding carboxylic acids is 1. The third kappa shape index (κ3) is 2.15. The van der Waals surface area contributed by atoms with Gasteiger partial charge in [0.1, 0.15) is 0 Å². The number of urea groups is 1. The first kappa shape index (κ1) is 10.5. The second-order valence-corrected chi connectivity index (χ2v) is 4.49. The molecule has 1 saturated heterocycles. The molecule has 2 amide bonds. The van der Waals surface area contributed by atoms with Gasteiger partial charge in [0.15, 0.2) is 0 Å². The van der Waals surface area contributed by atoms with Crippen molar-refractivity contribution < 1.29 is 4.79 Å². The van der Waals surface area contributed by atoms with Crippen LogP contribution < -0.4 is 10.6 Å². The van der Waals surface area contributed by atoms with E-state index in [9.17, 15) is 4.79 Å². The number of amides is 2. The summed E-state index contributed by atoms with van der Waals surface area (Å²) in [6, 6.07) is 0.268. The van der Waals surface area contributed by atoms with Gasteiger partial charge in [-0.05, 0) is 31.8 Å². The minimum absolute atomic E-state index is 0.0781. The lowest BCUT2D eigenvalue weighted by molar-refractivity contribution is 0.197. The van der Waals surface area contributed by atoms with Gasteiger partial charge >= 0.3 is 6.03 Å². The standard InChI is InChI=1S/C11H18N3O/c1-8(2)10-7-14(11(15)13-10)9-3-5-12-6-4-9/h7-9,12H,3-6H2,1-2H3. The Morgan fingerprint density at radius 2 is 2.13 bits per heavy atom. The smallest absolute Gasteiger partial charge is 0.317 e. The molecule has 0 unspecified atom stereocenters. The molecule has 83 valence electrons. The van der Waals surface area contributed by atoms with Crippen LogP contribution in [0.5, 0.6) is 0 Å². The van der Waals surface area contributed by atoms with Gasteiger partial charge in [0.05, 0.1) is 5.70 Å². The summed E-state index contributed by atoms with van der Waals surface area (Å²) < 4.78 is 0. The predicted molar refractivity (Wildman–Crippen MR) is 58.2 cm³/mol. The van der Waals surface area contributed by atoms with Crippen molar-refractivity contribution in [3.05, 3.63) is 11.9 Å². The van der Waals surface area contributed by atoms with Gasteiger partial charge in [0.2, 0.25) is 0 Å². The Bertz CT molecular complexity index is 280. The van der Waals surface area contributed by atoms with Gasteiger partial charge in [-0.1, -0.05) is 13.8 Å². The normalized spacial score (nSPS) is 23.3. The van der Waals surface area contributed by atoms with E-state index in [1.54, 1.807) is 0 Å². The highest BCUT2D eigenvalue weighted by atomic mass is 16.2. The van der Waals surface area contributed by atoms with E-state index in [-0.39, 0.29) is 6.03 Å². The van der Waals surface area contributed by atoms with Crippen molar-refractivity contribution >= 4 is 6.03 Å². The van der Waals surface area contributed by atoms with E-state index >= 15 is 0 Å². The molecule has 2 heterocycles. The Hall–Kier alpha value is -1.03. The van der Waals surface area contributed by atoms with Crippen LogP contribution in [0.3, 0.4) is 0 Å². The van der Waals surface area contributed by atoms with Crippen LogP contribution in [0.25, 0.3) is 0 Å². The third-order valence-corrected chi connectivity index (χ3v) is 3.01. The lowest BCUT2D eigenvalue weighted by Crippen LogP contribution is -2.42. The van der Waals surface area contributed by atoms with Crippen LogP contribution >= 0.6 is 0 Å². The molecule has 0 aromatic heterocycles. The van der Waals surface area contributed by atoms with Crippen molar-refractivity contribution in [1.82, 2.24) is 15.5 Å². The van der Waals surface area contributed by atoms with E-state index in [2.05, 4.69) is 24.5 Å². The average Bonchev–Trinajstić information content (AvgIpc) is 2.62. The first-order chi connectivity index (χ1) is 7.18. The summed E-state index contributed by atoms with van der Waals surface area (Å²) in [5.74, 6) is 0.334. The Morgan fingerprint density at radius 3 is 2.67 bits per heavy atom. The van der Waals surface area contributed by atoms with Crippen molar-refractivity contribution in [3.8, 4) is 0 Å². The van der Waals surface area contributed by atoms with Gasteiger partial charge in [-0.15, -0.1) is 0 Å². The summed E-state index contributed by atoms with van der Waals surface area (Å²) in [6.45, 7) is 6.13. The summed E-state index contributed by atoms with van der Waals surface area (Å²) in [7, 11) is 0. The summed E-state index contributed by atoms with van der Waals surface area (Å²) in [5.41, 5.74) is 0.915. The molecule has 0 atom stereocenters. The third-order valence-electron chi connectivity index (χ3n) is 3.01. The molecule has 0 bridgehead atoms. The van der Waals surface area contributed by atoms with E-state index < -0.39 is 0 Å². The zero-order valence-electron chi connectivity index (χ0n) is 9.36. The van der Waals surface area contributed by atoms with Gasteiger partial charge in [0.25, 0.3) is 0 Å². The van der Waals surface area contributed by atoms with E-state index in [0.29, 0.717) is 12.0 Å². The maximum absolute atomic E-state index is 11.7. The molecule has 0 spiro atoms. The van der Waals surface area contributed by atoms with Gasteiger partial charge < -0.3 is 5.32 Å². The molecule has 2 aliphatic heterocycles. The molecule has 4 heteroatoms. The Labute approximate surface area is 90.7 Å². The second-order valence-electron chi connectivity index (χ2n) is 4.49. The van der Waals surface area contributed by atoms with E-state index in [1.165, 1.54) is 0 Å². The number of carbonyl (C=O) groups is 1. The van der Waals surface area contributed by atoms with Crippen LogP contribution in [-0.4, -0.2) is 30.1 Å². The zero-order chi connectivity index (χ0) is 10.8. The molecule has 0 aromatic rings. The fraction of sp³-hybridized carbons (Fsp3) is 0.727. The summed E-state index contributed by atoms with van der Waals surface area (Å²) in [5, 5.41) is 7.37. The first-order valence-corrected chi connectivity index (χ1v) is 5.65. The summed E-state index contributed by atoms with van der Waals surface area (Å²) in [6.07, 6.45) is 4.00. The maximum atomic E-state index is 11.7. The lowest BCUT2D eigenvalue weighted by Gasteiger charge is -2.28. The van der Waals surface area contributed by atoms with E-state index in [4.69, 9.17) is 0 Å². The van der Waals surface area contributed by atoms with Crippen molar-refractivity contribution in [3.63, 3.8) is 0 Å². The number of hydrogen-bond donors (Lipinski definition) is 1. The topological polar surface area (TPSA) is 46.4 Å².